The molecule has 0 aliphatic rings. The van der Waals surface area contributed by atoms with Crippen molar-refractivity contribution in [1.82, 2.24) is 19.9 Å². The zero-order valence-electron chi connectivity index (χ0n) is 12.6. The Balaban J connectivity index is 1.92. The quantitative estimate of drug-likeness (QED) is 0.805. The van der Waals surface area contributed by atoms with E-state index in [2.05, 4.69) is 29.4 Å². The number of nitrogens with one attached hydrogen (secondary N) is 1. The smallest absolute Gasteiger partial charge is 0.251 e. The molecular formula is C17H18N4O. The fourth-order valence-corrected chi connectivity index (χ4v) is 2.42. The predicted octanol–water partition coefficient (Wildman–Crippen LogP) is 2.86. The van der Waals surface area contributed by atoms with Crippen molar-refractivity contribution >= 4 is 11.6 Å². The fourth-order valence-electron chi connectivity index (χ4n) is 2.42. The highest BCUT2D eigenvalue weighted by atomic mass is 16.1. The van der Waals surface area contributed by atoms with Crippen molar-refractivity contribution in [3.63, 3.8) is 0 Å². The first-order valence-corrected chi connectivity index (χ1v) is 7.32. The lowest BCUT2D eigenvalue weighted by Gasteiger charge is -2.21. The van der Waals surface area contributed by atoms with Crippen molar-refractivity contribution in [3.8, 4) is 0 Å². The van der Waals surface area contributed by atoms with Crippen LogP contribution in [0.1, 0.15) is 36.1 Å². The largest absolute Gasteiger partial charge is 0.342 e. The van der Waals surface area contributed by atoms with Crippen LogP contribution in [0.3, 0.4) is 0 Å². The molecule has 0 aliphatic heterocycles. The van der Waals surface area contributed by atoms with Crippen molar-refractivity contribution < 1.29 is 4.79 Å². The molecule has 0 unspecified atom stereocenters. The Labute approximate surface area is 129 Å². The van der Waals surface area contributed by atoms with Gasteiger partial charge in [-0.25, -0.2) is 0 Å². The van der Waals surface area contributed by atoms with Crippen molar-refractivity contribution in [2.45, 2.75) is 19.9 Å². The van der Waals surface area contributed by atoms with Gasteiger partial charge in [0.15, 0.2) is 11.5 Å². The number of hydrogen-bond donors (Lipinski definition) is 1. The van der Waals surface area contributed by atoms with E-state index < -0.39 is 0 Å². The molecular weight excluding hydrogens is 276 g/mol. The Morgan fingerprint density at radius 1 is 1.05 bits per heavy atom. The standard InChI is InChI=1S/C17H18N4O/c1-12(2)15(18-17(22)13-8-4-3-5-9-13)16-20-19-14-10-6-7-11-21(14)16/h3-12,15H,1-2H3,(H,18,22)/t15-/m1/s1. The molecule has 3 aromatic rings. The van der Waals surface area contributed by atoms with Gasteiger partial charge in [0.2, 0.25) is 0 Å². The number of pyridine rings is 1. The molecule has 1 N–H and O–H groups in total. The second kappa shape index (κ2) is 5.97. The summed E-state index contributed by atoms with van der Waals surface area (Å²) in [5, 5.41) is 11.5. The summed E-state index contributed by atoms with van der Waals surface area (Å²) in [5.41, 5.74) is 1.42. The molecule has 1 aromatic carbocycles. The van der Waals surface area contributed by atoms with Gasteiger partial charge in [-0.05, 0) is 30.2 Å². The molecule has 5 nitrogen and oxygen atoms in total. The van der Waals surface area contributed by atoms with Gasteiger partial charge in [-0.1, -0.05) is 38.1 Å². The molecule has 112 valence electrons. The number of amides is 1. The molecule has 0 saturated carbocycles. The molecule has 22 heavy (non-hydrogen) atoms. The lowest BCUT2D eigenvalue weighted by Crippen LogP contribution is -2.33. The maximum absolute atomic E-state index is 12.4. The molecule has 2 aromatic heterocycles. The molecule has 0 bridgehead atoms. The van der Waals surface area contributed by atoms with E-state index in [0.29, 0.717) is 5.56 Å². The average Bonchev–Trinajstić information content (AvgIpc) is 2.96. The molecule has 0 spiro atoms. The second-order valence-corrected chi connectivity index (χ2v) is 5.55. The monoisotopic (exact) mass is 294 g/mol. The summed E-state index contributed by atoms with van der Waals surface area (Å²) in [6.07, 6.45) is 1.91. The molecule has 0 radical (unpaired) electrons. The summed E-state index contributed by atoms with van der Waals surface area (Å²) in [7, 11) is 0. The van der Waals surface area contributed by atoms with Gasteiger partial charge in [-0.3, -0.25) is 9.20 Å². The van der Waals surface area contributed by atoms with E-state index in [-0.39, 0.29) is 17.9 Å². The van der Waals surface area contributed by atoms with Crippen molar-refractivity contribution in [2.75, 3.05) is 0 Å². The van der Waals surface area contributed by atoms with Crippen LogP contribution in [0, 0.1) is 5.92 Å². The SMILES string of the molecule is CC(C)[C@@H](NC(=O)c1ccccc1)c1nnc2ccccn12. The third-order valence-electron chi connectivity index (χ3n) is 3.61. The van der Waals surface area contributed by atoms with Crippen LogP contribution < -0.4 is 5.32 Å². The number of carbonyl (C=O) groups is 1. The molecule has 0 fully saturated rings. The van der Waals surface area contributed by atoms with Crippen LogP contribution in [-0.2, 0) is 0 Å². The summed E-state index contributed by atoms with van der Waals surface area (Å²) in [5.74, 6) is 0.835. The number of fused-ring (bicyclic) bond motifs is 1. The van der Waals surface area contributed by atoms with Gasteiger partial charge in [0.05, 0.1) is 6.04 Å². The maximum Gasteiger partial charge on any atom is 0.251 e. The number of rotatable bonds is 4. The van der Waals surface area contributed by atoms with Crippen LogP contribution in [0.4, 0.5) is 0 Å². The van der Waals surface area contributed by atoms with Gasteiger partial charge in [-0.2, -0.15) is 0 Å². The second-order valence-electron chi connectivity index (χ2n) is 5.55. The third kappa shape index (κ3) is 2.70. The van der Waals surface area contributed by atoms with Gasteiger partial charge in [-0.15, -0.1) is 10.2 Å². The van der Waals surface area contributed by atoms with E-state index in [1.807, 2.05) is 47.0 Å². The maximum atomic E-state index is 12.4. The number of carbonyl (C=O) groups excluding carboxylic acids is 1. The van der Waals surface area contributed by atoms with Crippen LogP contribution in [0.5, 0.6) is 0 Å². The number of nitrogens with zero attached hydrogens (tertiary/aromatic N) is 3. The van der Waals surface area contributed by atoms with Crippen molar-refractivity contribution in [2.24, 2.45) is 5.92 Å². The van der Waals surface area contributed by atoms with E-state index in [0.717, 1.165) is 11.5 Å². The van der Waals surface area contributed by atoms with E-state index in [9.17, 15) is 4.79 Å². The van der Waals surface area contributed by atoms with Crippen LogP contribution in [0.2, 0.25) is 0 Å². The van der Waals surface area contributed by atoms with Gasteiger partial charge in [0.1, 0.15) is 0 Å². The summed E-state index contributed by atoms with van der Waals surface area (Å²) in [6, 6.07) is 14.7. The average molecular weight is 294 g/mol. The minimum Gasteiger partial charge on any atom is -0.342 e. The lowest BCUT2D eigenvalue weighted by atomic mass is 10.0. The first-order chi connectivity index (χ1) is 10.7. The highest BCUT2D eigenvalue weighted by Gasteiger charge is 2.23. The lowest BCUT2D eigenvalue weighted by molar-refractivity contribution is 0.0923. The topological polar surface area (TPSA) is 59.3 Å². The Morgan fingerprint density at radius 2 is 1.77 bits per heavy atom. The normalized spacial score (nSPS) is 12.5. The van der Waals surface area contributed by atoms with E-state index >= 15 is 0 Å². The molecule has 3 rings (SSSR count). The van der Waals surface area contributed by atoms with Crippen LogP contribution in [0.15, 0.2) is 54.7 Å². The summed E-state index contributed by atoms with van der Waals surface area (Å²) >= 11 is 0. The summed E-state index contributed by atoms with van der Waals surface area (Å²) in [6.45, 7) is 4.11. The molecule has 0 aliphatic carbocycles. The summed E-state index contributed by atoms with van der Waals surface area (Å²) in [4.78, 5) is 12.4. The minimum atomic E-state index is -0.204. The number of aromatic nitrogens is 3. The predicted molar refractivity (Wildman–Crippen MR) is 84.5 cm³/mol. The van der Waals surface area contributed by atoms with E-state index in [1.165, 1.54) is 0 Å². The Kier molecular flexibility index (Phi) is 3.87. The van der Waals surface area contributed by atoms with Crippen molar-refractivity contribution in [3.05, 3.63) is 66.1 Å². The Bertz CT molecular complexity index is 779. The summed E-state index contributed by atoms with van der Waals surface area (Å²) < 4.78 is 1.91. The number of benzene rings is 1. The zero-order valence-corrected chi connectivity index (χ0v) is 12.6. The molecule has 1 amide bonds. The zero-order chi connectivity index (χ0) is 15.5. The third-order valence-corrected chi connectivity index (χ3v) is 3.61. The highest BCUT2D eigenvalue weighted by Crippen LogP contribution is 2.21. The van der Waals surface area contributed by atoms with Crippen molar-refractivity contribution in [1.29, 1.82) is 0 Å². The minimum absolute atomic E-state index is 0.105. The molecule has 1 atom stereocenters. The molecule has 2 heterocycles. The van der Waals surface area contributed by atoms with E-state index in [1.54, 1.807) is 12.1 Å². The van der Waals surface area contributed by atoms with Gasteiger partial charge < -0.3 is 5.32 Å². The number of hydrogen-bond acceptors (Lipinski definition) is 3. The first-order valence-electron chi connectivity index (χ1n) is 7.32. The van der Waals surface area contributed by atoms with Crippen LogP contribution in [-0.4, -0.2) is 20.5 Å². The van der Waals surface area contributed by atoms with Crippen LogP contribution >= 0.6 is 0 Å². The van der Waals surface area contributed by atoms with Gasteiger partial charge in [0.25, 0.3) is 5.91 Å². The Hall–Kier alpha value is -2.69. The molecule has 5 heteroatoms. The van der Waals surface area contributed by atoms with Gasteiger partial charge >= 0.3 is 0 Å². The van der Waals surface area contributed by atoms with Crippen LogP contribution in [0.25, 0.3) is 5.65 Å². The molecule has 0 saturated heterocycles. The van der Waals surface area contributed by atoms with Gasteiger partial charge in [0, 0.05) is 11.8 Å². The highest BCUT2D eigenvalue weighted by molar-refractivity contribution is 5.94. The van der Waals surface area contributed by atoms with E-state index in [4.69, 9.17) is 0 Å². The Morgan fingerprint density at radius 3 is 2.50 bits per heavy atom. The first kappa shape index (κ1) is 14.3. The fraction of sp³-hybridized carbons (Fsp3) is 0.235.